The molecular weight excluding hydrogens is 462 g/mol. The zero-order chi connectivity index (χ0) is 25.9. The van der Waals surface area contributed by atoms with Crippen LogP contribution in [-0.4, -0.2) is 38.7 Å². The van der Waals surface area contributed by atoms with E-state index in [2.05, 4.69) is 30.3 Å². The van der Waals surface area contributed by atoms with Crippen LogP contribution in [-0.2, 0) is 17.8 Å². The summed E-state index contributed by atoms with van der Waals surface area (Å²) in [5.41, 5.74) is 5.67. The second-order valence-corrected chi connectivity index (χ2v) is 9.25. The number of rotatable bonds is 6. The van der Waals surface area contributed by atoms with Gasteiger partial charge in [0.05, 0.1) is 26.9 Å². The van der Waals surface area contributed by atoms with Crippen molar-refractivity contribution in [3.05, 3.63) is 101 Å². The topological polar surface area (TPSA) is 48.0 Å². The van der Waals surface area contributed by atoms with Gasteiger partial charge in [0, 0.05) is 13.1 Å². The molecule has 188 valence electrons. The molecule has 0 saturated carbocycles. The van der Waals surface area contributed by atoms with Crippen LogP contribution in [0.5, 0.6) is 17.2 Å². The molecule has 0 bridgehead atoms. The van der Waals surface area contributed by atoms with Crippen LogP contribution in [0.4, 0.5) is 0 Å². The van der Waals surface area contributed by atoms with Crippen molar-refractivity contribution >= 4 is 27.8 Å². The summed E-state index contributed by atoms with van der Waals surface area (Å²) in [4.78, 5) is 16.2. The van der Waals surface area contributed by atoms with Crippen molar-refractivity contribution in [3.8, 4) is 17.2 Å². The van der Waals surface area contributed by atoms with Crippen molar-refractivity contribution in [3.63, 3.8) is 0 Å². The van der Waals surface area contributed by atoms with Crippen LogP contribution in [0.2, 0.25) is 0 Å². The Morgan fingerprint density at radius 3 is 2.22 bits per heavy atom. The first-order chi connectivity index (χ1) is 18.0. The molecule has 37 heavy (non-hydrogen) atoms. The van der Waals surface area contributed by atoms with Crippen LogP contribution in [0.15, 0.2) is 78.9 Å². The first-order valence-corrected chi connectivity index (χ1v) is 12.4. The second-order valence-electron chi connectivity index (χ2n) is 9.25. The Labute approximate surface area is 217 Å². The van der Waals surface area contributed by atoms with Crippen molar-refractivity contribution in [1.29, 1.82) is 0 Å². The van der Waals surface area contributed by atoms with Gasteiger partial charge in [0.15, 0.2) is 11.5 Å². The van der Waals surface area contributed by atoms with E-state index < -0.39 is 0 Å². The Morgan fingerprint density at radius 1 is 0.811 bits per heavy atom. The molecule has 1 aliphatic rings. The molecule has 1 heterocycles. The predicted molar refractivity (Wildman–Crippen MR) is 148 cm³/mol. The summed E-state index contributed by atoms with van der Waals surface area (Å²) in [5.74, 6) is 2.08. The van der Waals surface area contributed by atoms with Gasteiger partial charge >= 0.3 is 0 Å². The number of fused-ring (bicyclic) bond motifs is 2. The van der Waals surface area contributed by atoms with Gasteiger partial charge < -0.3 is 19.1 Å². The molecule has 1 amide bonds. The quantitative estimate of drug-likeness (QED) is 0.293. The highest BCUT2D eigenvalue weighted by molar-refractivity contribution is 6.27. The van der Waals surface area contributed by atoms with E-state index in [-0.39, 0.29) is 5.91 Å². The molecule has 0 fully saturated rings. The number of benzene rings is 4. The number of carbonyl (C=O) groups excluding carboxylic acids is 1. The lowest BCUT2D eigenvalue weighted by molar-refractivity contribution is -0.125. The van der Waals surface area contributed by atoms with Crippen molar-refractivity contribution in [2.45, 2.75) is 19.9 Å². The third-order valence-corrected chi connectivity index (χ3v) is 7.12. The highest BCUT2D eigenvalue weighted by atomic mass is 16.5. The largest absolute Gasteiger partial charge is 0.497 e. The van der Waals surface area contributed by atoms with Gasteiger partial charge in [-0.05, 0) is 82.3 Å². The molecule has 0 saturated heterocycles. The third kappa shape index (κ3) is 4.77. The summed E-state index contributed by atoms with van der Waals surface area (Å²) in [6.07, 6.45) is 0.714. The lowest BCUT2D eigenvalue weighted by Gasteiger charge is -2.23. The van der Waals surface area contributed by atoms with Gasteiger partial charge in [-0.3, -0.25) is 4.79 Å². The van der Waals surface area contributed by atoms with Crippen LogP contribution in [0.3, 0.4) is 0 Å². The summed E-state index contributed by atoms with van der Waals surface area (Å²) in [6, 6.07) is 26.5. The van der Waals surface area contributed by atoms with Gasteiger partial charge in [-0.25, -0.2) is 0 Å². The molecule has 4 aromatic rings. The van der Waals surface area contributed by atoms with E-state index in [9.17, 15) is 4.79 Å². The van der Waals surface area contributed by atoms with Gasteiger partial charge in [0.2, 0.25) is 0 Å². The Balaban J connectivity index is 1.65. The SMILES string of the molecule is COc1ccc(CN2CCc3cc(OC)c(OC)cc3/C(=C(/C)c3ccc4ccccc4c3)C2=O)cc1. The Hall–Kier alpha value is -4.25. The number of hydrogen-bond donors (Lipinski definition) is 0. The van der Waals surface area contributed by atoms with Crippen molar-refractivity contribution in [2.75, 3.05) is 27.9 Å². The summed E-state index contributed by atoms with van der Waals surface area (Å²) in [7, 11) is 4.91. The van der Waals surface area contributed by atoms with E-state index in [1.165, 1.54) is 5.39 Å². The lowest BCUT2D eigenvalue weighted by Crippen LogP contribution is -2.31. The number of ether oxygens (including phenoxy) is 3. The molecular formula is C32H31NO4. The van der Waals surface area contributed by atoms with Gasteiger partial charge in [0.1, 0.15) is 5.75 Å². The number of methoxy groups -OCH3 is 3. The molecule has 0 atom stereocenters. The average molecular weight is 494 g/mol. The number of hydrogen-bond acceptors (Lipinski definition) is 4. The van der Waals surface area contributed by atoms with Crippen LogP contribution in [0.1, 0.15) is 29.2 Å². The minimum atomic E-state index is 0.00689. The predicted octanol–water partition coefficient (Wildman–Crippen LogP) is 6.38. The van der Waals surface area contributed by atoms with E-state index >= 15 is 0 Å². The summed E-state index contributed by atoms with van der Waals surface area (Å²) in [6.45, 7) is 3.15. The highest BCUT2D eigenvalue weighted by Crippen LogP contribution is 2.39. The minimum absolute atomic E-state index is 0.00689. The maximum absolute atomic E-state index is 14.2. The first kappa shape index (κ1) is 24.4. The standard InChI is InChI=1S/C32H31NO4/c1-21(24-12-11-23-7-5-6-8-25(23)17-24)31-28-19-30(37-4)29(36-3)18-26(28)15-16-33(32(31)34)20-22-9-13-27(35-2)14-10-22/h5-14,17-19H,15-16,20H2,1-4H3/b31-21+. The molecule has 0 radical (unpaired) electrons. The fourth-order valence-corrected chi connectivity index (χ4v) is 5.02. The van der Waals surface area contributed by atoms with Crippen molar-refractivity contribution in [2.24, 2.45) is 0 Å². The molecule has 1 aliphatic heterocycles. The van der Waals surface area contributed by atoms with E-state index in [0.717, 1.165) is 39.0 Å². The van der Waals surface area contributed by atoms with E-state index in [1.807, 2.05) is 60.4 Å². The Bertz CT molecular complexity index is 1490. The molecule has 5 heteroatoms. The average Bonchev–Trinajstić information content (AvgIpc) is 3.07. The lowest BCUT2D eigenvalue weighted by atomic mass is 9.90. The van der Waals surface area contributed by atoms with E-state index in [1.54, 1.807) is 21.3 Å². The Kier molecular flexibility index (Phi) is 6.87. The molecule has 0 aliphatic carbocycles. The van der Waals surface area contributed by atoms with Gasteiger partial charge in [0.25, 0.3) is 5.91 Å². The molecule has 5 nitrogen and oxygen atoms in total. The normalized spacial score (nSPS) is 14.7. The van der Waals surface area contributed by atoms with Gasteiger partial charge in [-0.2, -0.15) is 0 Å². The molecule has 0 N–H and O–H groups in total. The summed E-state index contributed by atoms with van der Waals surface area (Å²) < 4.78 is 16.5. The fourth-order valence-electron chi connectivity index (χ4n) is 5.02. The summed E-state index contributed by atoms with van der Waals surface area (Å²) in [5, 5.41) is 2.31. The smallest absolute Gasteiger partial charge is 0.255 e. The summed E-state index contributed by atoms with van der Waals surface area (Å²) >= 11 is 0. The monoisotopic (exact) mass is 493 g/mol. The molecule has 0 aromatic heterocycles. The maximum atomic E-state index is 14.2. The van der Waals surface area contributed by atoms with Crippen LogP contribution < -0.4 is 14.2 Å². The van der Waals surface area contributed by atoms with E-state index in [4.69, 9.17) is 14.2 Å². The number of allylic oxidation sites excluding steroid dienone is 1. The van der Waals surface area contributed by atoms with Crippen LogP contribution in [0, 0.1) is 0 Å². The molecule has 4 aromatic carbocycles. The van der Waals surface area contributed by atoms with Gasteiger partial charge in [-0.15, -0.1) is 0 Å². The Morgan fingerprint density at radius 2 is 1.51 bits per heavy atom. The fraction of sp³-hybridized carbons (Fsp3) is 0.219. The van der Waals surface area contributed by atoms with Crippen LogP contribution >= 0.6 is 0 Å². The van der Waals surface area contributed by atoms with Crippen molar-refractivity contribution in [1.82, 2.24) is 4.90 Å². The second kappa shape index (κ2) is 10.4. The van der Waals surface area contributed by atoms with E-state index in [0.29, 0.717) is 36.6 Å². The molecule has 0 unspecified atom stereocenters. The minimum Gasteiger partial charge on any atom is -0.497 e. The number of nitrogens with zero attached hydrogens (tertiary/aromatic N) is 1. The highest BCUT2D eigenvalue weighted by Gasteiger charge is 2.29. The number of carbonyl (C=O) groups is 1. The number of amides is 1. The molecule has 5 rings (SSSR count). The molecule has 0 spiro atoms. The van der Waals surface area contributed by atoms with Crippen LogP contribution in [0.25, 0.3) is 21.9 Å². The zero-order valence-corrected chi connectivity index (χ0v) is 21.7. The third-order valence-electron chi connectivity index (χ3n) is 7.12. The zero-order valence-electron chi connectivity index (χ0n) is 21.7. The van der Waals surface area contributed by atoms with Crippen molar-refractivity contribution < 1.29 is 19.0 Å². The van der Waals surface area contributed by atoms with Gasteiger partial charge in [-0.1, -0.05) is 48.5 Å². The maximum Gasteiger partial charge on any atom is 0.255 e. The first-order valence-electron chi connectivity index (χ1n) is 12.4.